The standard InChI is InChI=1S/C25H25Br2N5O/c1-15-10-19(6-7-22(15)27)32-14-24(29-30-32)17-4-3-9-31(13-17)25(33)12-20-16(2)28-23-8-5-18(26)11-21(20)23/h5-8,10-11,14,17,28H,3-4,9,12-13H2,1-2H3. The van der Waals surface area contributed by atoms with E-state index in [4.69, 9.17) is 0 Å². The van der Waals surface area contributed by atoms with E-state index < -0.39 is 0 Å². The molecule has 0 bridgehead atoms. The van der Waals surface area contributed by atoms with E-state index in [2.05, 4.69) is 66.2 Å². The molecule has 1 amide bonds. The summed E-state index contributed by atoms with van der Waals surface area (Å²) in [6, 6.07) is 12.3. The lowest BCUT2D eigenvalue weighted by Gasteiger charge is -2.32. The summed E-state index contributed by atoms with van der Waals surface area (Å²) in [6.45, 7) is 5.57. The van der Waals surface area contributed by atoms with Crippen molar-refractivity contribution in [2.75, 3.05) is 13.1 Å². The molecule has 0 spiro atoms. The van der Waals surface area contributed by atoms with E-state index in [1.54, 1.807) is 0 Å². The number of hydrogen-bond donors (Lipinski definition) is 1. The Balaban J connectivity index is 1.32. The third-order valence-electron chi connectivity index (χ3n) is 6.52. The number of piperidine rings is 1. The number of likely N-dealkylation sites (tertiary alicyclic amines) is 1. The van der Waals surface area contributed by atoms with Crippen LogP contribution in [-0.2, 0) is 11.2 Å². The number of halogens is 2. The summed E-state index contributed by atoms with van der Waals surface area (Å²) in [5, 5.41) is 9.92. The third kappa shape index (κ3) is 4.51. The number of H-pyrrole nitrogens is 1. The number of carbonyl (C=O) groups is 1. The Bertz CT molecular complexity index is 1340. The first-order chi connectivity index (χ1) is 15.9. The molecule has 1 unspecified atom stereocenters. The number of fused-ring (bicyclic) bond motifs is 1. The van der Waals surface area contributed by atoms with Crippen LogP contribution in [0.25, 0.3) is 16.6 Å². The van der Waals surface area contributed by atoms with E-state index in [1.165, 1.54) is 0 Å². The molecular weight excluding hydrogens is 546 g/mol. The van der Waals surface area contributed by atoms with Crippen molar-refractivity contribution in [3.05, 3.63) is 74.1 Å². The average molecular weight is 571 g/mol. The monoisotopic (exact) mass is 569 g/mol. The van der Waals surface area contributed by atoms with Crippen molar-refractivity contribution in [2.45, 2.75) is 39.0 Å². The maximum absolute atomic E-state index is 13.3. The quantitative estimate of drug-likeness (QED) is 0.335. The Kier molecular flexibility index (Phi) is 6.14. The first kappa shape index (κ1) is 22.3. The van der Waals surface area contributed by atoms with Gasteiger partial charge in [0.1, 0.15) is 0 Å². The molecule has 8 heteroatoms. The zero-order valence-corrected chi connectivity index (χ0v) is 21.8. The van der Waals surface area contributed by atoms with Gasteiger partial charge in [0.15, 0.2) is 0 Å². The Hall–Kier alpha value is -2.45. The summed E-state index contributed by atoms with van der Waals surface area (Å²) >= 11 is 7.10. The van der Waals surface area contributed by atoms with Crippen LogP contribution in [0.3, 0.4) is 0 Å². The number of nitrogens with one attached hydrogen (secondary N) is 1. The number of aromatic amines is 1. The van der Waals surface area contributed by atoms with Gasteiger partial charge in [0.2, 0.25) is 5.91 Å². The van der Waals surface area contributed by atoms with E-state index in [0.29, 0.717) is 13.0 Å². The van der Waals surface area contributed by atoms with Crippen LogP contribution in [0.5, 0.6) is 0 Å². The molecule has 0 aliphatic carbocycles. The SMILES string of the molecule is Cc1cc(-n2cc(C3CCCN(C(=O)Cc4c(C)[nH]c5ccc(Br)cc45)C3)nn2)ccc1Br. The van der Waals surface area contributed by atoms with Gasteiger partial charge < -0.3 is 9.88 Å². The van der Waals surface area contributed by atoms with E-state index in [-0.39, 0.29) is 11.8 Å². The molecule has 1 atom stereocenters. The van der Waals surface area contributed by atoms with Crippen LogP contribution in [0.4, 0.5) is 0 Å². The van der Waals surface area contributed by atoms with Crippen molar-refractivity contribution < 1.29 is 4.79 Å². The summed E-state index contributed by atoms with van der Waals surface area (Å²) in [5.41, 5.74) is 6.28. The van der Waals surface area contributed by atoms with Gasteiger partial charge in [0, 0.05) is 44.5 Å². The second kappa shape index (κ2) is 9.06. The van der Waals surface area contributed by atoms with Gasteiger partial charge in [0.05, 0.1) is 24.0 Å². The zero-order chi connectivity index (χ0) is 23.1. The Morgan fingerprint density at radius 2 is 2.03 bits per heavy atom. The molecule has 1 N–H and O–H groups in total. The van der Waals surface area contributed by atoms with Gasteiger partial charge in [-0.25, -0.2) is 4.68 Å². The second-order valence-electron chi connectivity index (χ2n) is 8.80. The molecular formula is C25H25Br2N5O. The summed E-state index contributed by atoms with van der Waals surface area (Å²) in [7, 11) is 0. The lowest BCUT2D eigenvalue weighted by Crippen LogP contribution is -2.40. The van der Waals surface area contributed by atoms with Crippen LogP contribution in [0.15, 0.2) is 51.5 Å². The predicted molar refractivity (Wildman–Crippen MR) is 137 cm³/mol. The molecule has 2 aromatic carbocycles. The number of carbonyl (C=O) groups excluding carboxylic acids is 1. The van der Waals surface area contributed by atoms with Crippen molar-refractivity contribution in [3.63, 3.8) is 0 Å². The molecule has 3 heterocycles. The van der Waals surface area contributed by atoms with Gasteiger partial charge in [-0.2, -0.15) is 0 Å². The molecule has 1 aliphatic heterocycles. The lowest BCUT2D eigenvalue weighted by molar-refractivity contribution is -0.131. The Morgan fingerprint density at radius 3 is 2.85 bits per heavy atom. The largest absolute Gasteiger partial charge is 0.358 e. The van der Waals surface area contributed by atoms with Gasteiger partial charge in [-0.05, 0) is 74.2 Å². The third-order valence-corrected chi connectivity index (χ3v) is 7.90. The minimum atomic E-state index is 0.166. The Morgan fingerprint density at radius 1 is 1.18 bits per heavy atom. The molecule has 6 nitrogen and oxygen atoms in total. The molecule has 1 saturated heterocycles. The number of aromatic nitrogens is 4. The van der Waals surface area contributed by atoms with Crippen LogP contribution in [0, 0.1) is 13.8 Å². The molecule has 4 aromatic rings. The van der Waals surface area contributed by atoms with Gasteiger partial charge in [-0.1, -0.05) is 37.1 Å². The smallest absolute Gasteiger partial charge is 0.227 e. The van der Waals surface area contributed by atoms with Crippen LogP contribution < -0.4 is 0 Å². The number of rotatable bonds is 4. The van der Waals surface area contributed by atoms with E-state index in [9.17, 15) is 4.79 Å². The number of hydrogen-bond acceptors (Lipinski definition) is 3. The van der Waals surface area contributed by atoms with Crippen LogP contribution in [0.1, 0.15) is 41.3 Å². The molecule has 5 rings (SSSR count). The fraction of sp³-hybridized carbons (Fsp3) is 0.320. The van der Waals surface area contributed by atoms with Crippen LogP contribution in [-0.4, -0.2) is 43.9 Å². The summed E-state index contributed by atoms with van der Waals surface area (Å²) in [5.74, 6) is 0.366. The number of amides is 1. The number of nitrogens with zero attached hydrogens (tertiary/aromatic N) is 4. The second-order valence-corrected chi connectivity index (χ2v) is 10.6. The Labute approximate surface area is 209 Å². The van der Waals surface area contributed by atoms with E-state index >= 15 is 0 Å². The fourth-order valence-corrected chi connectivity index (χ4v) is 5.26. The maximum atomic E-state index is 13.3. The molecule has 2 aromatic heterocycles. The number of aryl methyl sites for hydroxylation is 2. The van der Waals surface area contributed by atoms with Gasteiger partial charge in [-0.15, -0.1) is 5.10 Å². The van der Waals surface area contributed by atoms with Crippen molar-refractivity contribution in [3.8, 4) is 5.69 Å². The highest BCUT2D eigenvalue weighted by Gasteiger charge is 2.27. The normalized spacial score (nSPS) is 16.5. The minimum Gasteiger partial charge on any atom is -0.358 e. The van der Waals surface area contributed by atoms with Gasteiger partial charge >= 0.3 is 0 Å². The highest BCUT2D eigenvalue weighted by atomic mass is 79.9. The van der Waals surface area contributed by atoms with E-state index in [0.717, 1.165) is 67.4 Å². The lowest BCUT2D eigenvalue weighted by atomic mass is 9.94. The zero-order valence-electron chi connectivity index (χ0n) is 18.6. The highest BCUT2D eigenvalue weighted by Crippen LogP contribution is 2.29. The molecule has 170 valence electrons. The van der Waals surface area contributed by atoms with Crippen molar-refractivity contribution >= 4 is 48.7 Å². The first-order valence-corrected chi connectivity index (χ1v) is 12.7. The molecule has 33 heavy (non-hydrogen) atoms. The first-order valence-electron chi connectivity index (χ1n) is 11.1. The predicted octanol–water partition coefficient (Wildman–Crippen LogP) is 5.84. The van der Waals surface area contributed by atoms with Gasteiger partial charge in [0.25, 0.3) is 0 Å². The maximum Gasteiger partial charge on any atom is 0.227 e. The van der Waals surface area contributed by atoms with Crippen molar-refractivity contribution in [2.24, 2.45) is 0 Å². The van der Waals surface area contributed by atoms with E-state index in [1.807, 2.05) is 47.0 Å². The van der Waals surface area contributed by atoms with Crippen molar-refractivity contribution in [1.29, 1.82) is 0 Å². The number of benzene rings is 2. The summed E-state index contributed by atoms with van der Waals surface area (Å²) in [6.07, 6.45) is 4.39. The van der Waals surface area contributed by atoms with Crippen LogP contribution in [0.2, 0.25) is 0 Å². The summed E-state index contributed by atoms with van der Waals surface area (Å²) in [4.78, 5) is 18.7. The minimum absolute atomic E-state index is 0.166. The summed E-state index contributed by atoms with van der Waals surface area (Å²) < 4.78 is 3.92. The molecule has 1 fully saturated rings. The molecule has 0 radical (unpaired) electrons. The van der Waals surface area contributed by atoms with Crippen LogP contribution >= 0.6 is 31.9 Å². The fourth-order valence-electron chi connectivity index (χ4n) is 4.65. The highest BCUT2D eigenvalue weighted by molar-refractivity contribution is 9.10. The van der Waals surface area contributed by atoms with Crippen molar-refractivity contribution in [1.82, 2.24) is 24.9 Å². The van der Waals surface area contributed by atoms with Gasteiger partial charge in [-0.3, -0.25) is 4.79 Å². The average Bonchev–Trinajstić information content (AvgIpc) is 3.41. The topological polar surface area (TPSA) is 66.8 Å². The molecule has 1 aliphatic rings. The molecule has 0 saturated carbocycles.